The van der Waals surface area contributed by atoms with Crippen molar-refractivity contribution in [3.05, 3.63) is 101 Å². The topological polar surface area (TPSA) is 68.0 Å². The van der Waals surface area contributed by atoms with Crippen molar-refractivity contribution >= 4 is 40.3 Å². The maximum absolute atomic E-state index is 13.1. The number of rotatable bonds is 4. The van der Waals surface area contributed by atoms with Crippen LogP contribution in [0.25, 0.3) is 23.1 Å². The van der Waals surface area contributed by atoms with Crippen molar-refractivity contribution in [1.82, 2.24) is 4.98 Å². The van der Waals surface area contributed by atoms with Gasteiger partial charge in [-0.1, -0.05) is 60.7 Å². The minimum absolute atomic E-state index is 0.214. The van der Waals surface area contributed by atoms with E-state index < -0.39 is 0 Å². The molecule has 0 aliphatic rings. The largest absolute Gasteiger partial charge is 0.397 e. The number of fused-ring (bicyclic) bond motifs is 1. The molecule has 3 N–H and O–H groups in total. The number of hydrogen-bond donors (Lipinski definition) is 2. The van der Waals surface area contributed by atoms with Crippen molar-refractivity contribution in [1.29, 1.82) is 0 Å². The van der Waals surface area contributed by atoms with Crippen molar-refractivity contribution in [2.45, 2.75) is 6.92 Å². The molecular weight excluding hydrogens is 358 g/mol. The predicted molar refractivity (Wildman–Crippen MR) is 121 cm³/mol. The molecule has 1 heterocycles. The van der Waals surface area contributed by atoms with Gasteiger partial charge < -0.3 is 11.1 Å². The van der Waals surface area contributed by atoms with Crippen LogP contribution in [0.15, 0.2) is 78.9 Å². The molecule has 0 saturated carbocycles. The van der Waals surface area contributed by atoms with E-state index >= 15 is 0 Å². The number of nitrogen functional groups attached to an aromatic ring is 1. The first-order valence-corrected chi connectivity index (χ1v) is 9.40. The summed E-state index contributed by atoms with van der Waals surface area (Å²) >= 11 is 0. The molecule has 0 bridgehead atoms. The lowest BCUT2D eigenvalue weighted by molar-refractivity contribution is 0.102. The Labute approximate surface area is 169 Å². The van der Waals surface area contributed by atoms with Crippen LogP contribution in [0.3, 0.4) is 0 Å². The van der Waals surface area contributed by atoms with E-state index in [2.05, 4.69) is 5.32 Å². The Balaban J connectivity index is 1.76. The smallest absolute Gasteiger partial charge is 0.256 e. The Morgan fingerprint density at radius 1 is 0.931 bits per heavy atom. The lowest BCUT2D eigenvalue weighted by Gasteiger charge is -2.11. The molecule has 4 heteroatoms. The summed E-state index contributed by atoms with van der Waals surface area (Å²) in [6, 6.07) is 24.9. The third kappa shape index (κ3) is 4.17. The van der Waals surface area contributed by atoms with Crippen LogP contribution in [0.4, 0.5) is 11.4 Å². The van der Waals surface area contributed by atoms with Crippen LogP contribution in [0.2, 0.25) is 0 Å². The first-order chi connectivity index (χ1) is 14.1. The maximum atomic E-state index is 13.1. The van der Waals surface area contributed by atoms with E-state index in [1.807, 2.05) is 85.8 Å². The molecule has 4 nitrogen and oxygen atoms in total. The van der Waals surface area contributed by atoms with E-state index in [1.54, 1.807) is 12.1 Å². The SMILES string of the molecule is Cc1ccc2c(C(=O)Nc3ccccc3N)cc(/C=C/c3ccccc3)nc2c1. The maximum Gasteiger partial charge on any atom is 0.256 e. The van der Waals surface area contributed by atoms with Crippen molar-refractivity contribution in [3.8, 4) is 0 Å². The van der Waals surface area contributed by atoms with Gasteiger partial charge in [-0.15, -0.1) is 0 Å². The second-order valence-corrected chi connectivity index (χ2v) is 6.90. The van der Waals surface area contributed by atoms with Crippen LogP contribution in [0.1, 0.15) is 27.2 Å². The number of para-hydroxylation sites is 2. The van der Waals surface area contributed by atoms with E-state index in [-0.39, 0.29) is 5.91 Å². The second-order valence-electron chi connectivity index (χ2n) is 6.90. The molecule has 3 aromatic carbocycles. The molecule has 0 spiro atoms. The Morgan fingerprint density at radius 2 is 1.69 bits per heavy atom. The number of nitrogens with two attached hydrogens (primary N) is 1. The molecule has 1 aromatic heterocycles. The fourth-order valence-corrected chi connectivity index (χ4v) is 3.18. The molecule has 0 aliphatic carbocycles. The summed E-state index contributed by atoms with van der Waals surface area (Å²) in [6.45, 7) is 2.01. The van der Waals surface area contributed by atoms with Gasteiger partial charge in [0.05, 0.1) is 28.1 Å². The predicted octanol–water partition coefficient (Wildman–Crippen LogP) is 5.55. The number of hydrogen-bond acceptors (Lipinski definition) is 3. The fraction of sp³-hybridized carbons (Fsp3) is 0.0400. The first-order valence-electron chi connectivity index (χ1n) is 9.40. The number of aryl methyl sites for hydroxylation is 1. The molecular formula is C25H21N3O. The summed E-state index contributed by atoms with van der Waals surface area (Å²) < 4.78 is 0. The molecule has 0 fully saturated rings. The van der Waals surface area contributed by atoms with Crippen LogP contribution < -0.4 is 11.1 Å². The minimum Gasteiger partial charge on any atom is -0.397 e. The Morgan fingerprint density at radius 3 is 2.48 bits per heavy atom. The van der Waals surface area contributed by atoms with Crippen molar-refractivity contribution in [2.75, 3.05) is 11.1 Å². The Bertz CT molecular complexity index is 1210. The number of pyridine rings is 1. The summed E-state index contributed by atoms with van der Waals surface area (Å²) in [6.07, 6.45) is 3.91. The highest BCUT2D eigenvalue weighted by molar-refractivity contribution is 6.13. The van der Waals surface area contributed by atoms with Crippen LogP contribution in [0, 0.1) is 6.92 Å². The molecule has 29 heavy (non-hydrogen) atoms. The fourth-order valence-electron chi connectivity index (χ4n) is 3.18. The number of nitrogens with one attached hydrogen (secondary N) is 1. The molecule has 0 atom stereocenters. The average molecular weight is 379 g/mol. The van der Waals surface area contributed by atoms with E-state index in [4.69, 9.17) is 10.7 Å². The zero-order valence-corrected chi connectivity index (χ0v) is 16.1. The van der Waals surface area contributed by atoms with Crippen LogP contribution in [-0.2, 0) is 0 Å². The summed E-state index contributed by atoms with van der Waals surface area (Å²) in [5, 5.41) is 3.72. The van der Waals surface area contributed by atoms with Gasteiger partial charge in [0.1, 0.15) is 0 Å². The molecule has 0 aliphatic heterocycles. The normalized spacial score (nSPS) is 11.1. The monoisotopic (exact) mass is 379 g/mol. The number of nitrogens with zero attached hydrogens (tertiary/aromatic N) is 1. The molecule has 4 rings (SSSR count). The molecule has 4 aromatic rings. The van der Waals surface area contributed by atoms with Gasteiger partial charge in [-0.05, 0) is 48.4 Å². The standard InChI is InChI=1S/C25H21N3O/c1-17-11-14-20-21(25(29)28-23-10-6-5-9-22(23)26)16-19(27-24(20)15-17)13-12-18-7-3-2-4-8-18/h2-16H,26H2,1H3,(H,28,29)/b13-12+. The van der Waals surface area contributed by atoms with Gasteiger partial charge in [0.25, 0.3) is 5.91 Å². The van der Waals surface area contributed by atoms with Gasteiger partial charge in [0.2, 0.25) is 0 Å². The Hall–Kier alpha value is -3.92. The van der Waals surface area contributed by atoms with Crippen LogP contribution >= 0.6 is 0 Å². The third-order valence-electron chi connectivity index (χ3n) is 4.68. The summed E-state index contributed by atoms with van der Waals surface area (Å²) in [4.78, 5) is 17.8. The Kier molecular flexibility index (Phi) is 5.08. The van der Waals surface area contributed by atoms with Gasteiger partial charge in [-0.3, -0.25) is 4.79 Å². The number of benzene rings is 3. The van der Waals surface area contributed by atoms with E-state index in [1.165, 1.54) is 0 Å². The van der Waals surface area contributed by atoms with Crippen molar-refractivity contribution in [2.24, 2.45) is 0 Å². The van der Waals surface area contributed by atoms with Crippen molar-refractivity contribution in [3.63, 3.8) is 0 Å². The first kappa shape index (κ1) is 18.4. The zero-order valence-electron chi connectivity index (χ0n) is 16.1. The van der Waals surface area contributed by atoms with Gasteiger partial charge >= 0.3 is 0 Å². The van der Waals surface area contributed by atoms with Crippen molar-refractivity contribution < 1.29 is 4.79 Å². The second kappa shape index (κ2) is 7.98. The lowest BCUT2D eigenvalue weighted by Crippen LogP contribution is -2.14. The number of anilines is 2. The van der Waals surface area contributed by atoms with Gasteiger partial charge in [-0.25, -0.2) is 4.98 Å². The number of carbonyl (C=O) groups excluding carboxylic acids is 1. The minimum atomic E-state index is -0.214. The molecule has 0 radical (unpaired) electrons. The van der Waals surface area contributed by atoms with Crippen LogP contribution in [0.5, 0.6) is 0 Å². The van der Waals surface area contributed by atoms with Gasteiger partial charge in [-0.2, -0.15) is 0 Å². The highest BCUT2D eigenvalue weighted by Gasteiger charge is 2.14. The highest BCUT2D eigenvalue weighted by atomic mass is 16.1. The molecule has 1 amide bonds. The zero-order chi connectivity index (χ0) is 20.2. The van der Waals surface area contributed by atoms with E-state index in [0.29, 0.717) is 16.9 Å². The lowest BCUT2D eigenvalue weighted by atomic mass is 10.0. The number of aromatic nitrogens is 1. The van der Waals surface area contributed by atoms with Gasteiger partial charge in [0.15, 0.2) is 0 Å². The summed E-state index contributed by atoms with van der Waals surface area (Å²) in [7, 11) is 0. The number of carbonyl (C=O) groups is 1. The van der Waals surface area contributed by atoms with E-state index in [0.717, 1.165) is 27.7 Å². The molecule has 0 saturated heterocycles. The third-order valence-corrected chi connectivity index (χ3v) is 4.68. The number of amides is 1. The van der Waals surface area contributed by atoms with Crippen LogP contribution in [-0.4, -0.2) is 10.9 Å². The average Bonchev–Trinajstić information content (AvgIpc) is 2.73. The summed E-state index contributed by atoms with van der Waals surface area (Å²) in [5.74, 6) is -0.214. The highest BCUT2D eigenvalue weighted by Crippen LogP contribution is 2.24. The van der Waals surface area contributed by atoms with Gasteiger partial charge in [0, 0.05) is 5.39 Å². The molecule has 142 valence electrons. The van der Waals surface area contributed by atoms with E-state index in [9.17, 15) is 4.79 Å². The molecule has 0 unspecified atom stereocenters. The quantitative estimate of drug-likeness (QED) is 0.457. The summed E-state index contributed by atoms with van der Waals surface area (Å²) in [5.41, 5.74) is 11.3.